The highest BCUT2D eigenvalue weighted by molar-refractivity contribution is 5.94. The molecule has 3 N–H and O–H groups in total. The Morgan fingerprint density at radius 2 is 2.15 bits per heavy atom. The summed E-state index contributed by atoms with van der Waals surface area (Å²) in [6.45, 7) is 1.97. The van der Waals surface area contributed by atoms with Crippen molar-refractivity contribution in [2.75, 3.05) is 6.54 Å². The Kier molecular flexibility index (Phi) is 6.28. The van der Waals surface area contributed by atoms with Crippen LogP contribution >= 0.6 is 0 Å². The first-order valence-corrected chi connectivity index (χ1v) is 6.37. The number of furan rings is 1. The number of carboxylic acids is 1. The fourth-order valence-corrected chi connectivity index (χ4v) is 1.60. The monoisotopic (exact) mass is 282 g/mol. The predicted octanol–water partition coefficient (Wildman–Crippen LogP) is 0.769. The van der Waals surface area contributed by atoms with E-state index in [0.29, 0.717) is 18.4 Å². The Labute approximate surface area is 116 Å². The Hall–Kier alpha value is -2.31. The molecule has 7 heteroatoms. The summed E-state index contributed by atoms with van der Waals surface area (Å²) >= 11 is 0. The summed E-state index contributed by atoms with van der Waals surface area (Å²) in [6, 6.07) is 0.633. The van der Waals surface area contributed by atoms with Gasteiger partial charge in [-0.1, -0.05) is 13.3 Å². The third kappa shape index (κ3) is 5.13. The van der Waals surface area contributed by atoms with Crippen molar-refractivity contribution in [2.45, 2.75) is 32.2 Å². The largest absolute Gasteiger partial charge is 0.480 e. The van der Waals surface area contributed by atoms with Gasteiger partial charge in [0.15, 0.2) is 0 Å². The van der Waals surface area contributed by atoms with Crippen molar-refractivity contribution in [3.63, 3.8) is 0 Å². The predicted molar refractivity (Wildman–Crippen MR) is 70.1 cm³/mol. The maximum absolute atomic E-state index is 11.6. The zero-order chi connectivity index (χ0) is 15.0. The van der Waals surface area contributed by atoms with Crippen molar-refractivity contribution in [1.29, 1.82) is 0 Å². The second kappa shape index (κ2) is 7.98. The van der Waals surface area contributed by atoms with E-state index in [1.54, 1.807) is 0 Å². The Bertz CT molecular complexity index is 455. The maximum Gasteiger partial charge on any atom is 0.326 e. The second-order valence-corrected chi connectivity index (χ2v) is 4.26. The van der Waals surface area contributed by atoms with Gasteiger partial charge in [-0.15, -0.1) is 0 Å². The van der Waals surface area contributed by atoms with Crippen LogP contribution in [0.15, 0.2) is 23.0 Å². The highest BCUT2D eigenvalue weighted by Crippen LogP contribution is 1.99. The standard InChI is InChI=1S/C13H18N2O5/c1-2-3-10(13(18)19)15-11(16)4-6-14-12(17)9-5-7-20-8-9/h5,7-8,10H,2-4,6H2,1H3,(H,14,17)(H,15,16)(H,18,19)/t10-/m0/s1. The molecule has 20 heavy (non-hydrogen) atoms. The van der Waals surface area contributed by atoms with Crippen molar-refractivity contribution < 1.29 is 23.9 Å². The molecule has 0 fully saturated rings. The molecule has 0 aliphatic heterocycles. The second-order valence-electron chi connectivity index (χ2n) is 4.26. The lowest BCUT2D eigenvalue weighted by atomic mass is 10.1. The van der Waals surface area contributed by atoms with Gasteiger partial charge >= 0.3 is 5.97 Å². The molecule has 1 aromatic heterocycles. The smallest absolute Gasteiger partial charge is 0.326 e. The van der Waals surface area contributed by atoms with Crippen LogP contribution in [0.5, 0.6) is 0 Å². The van der Waals surface area contributed by atoms with Crippen LogP contribution in [0.4, 0.5) is 0 Å². The Morgan fingerprint density at radius 3 is 2.70 bits per heavy atom. The Morgan fingerprint density at radius 1 is 1.40 bits per heavy atom. The average Bonchev–Trinajstić information content (AvgIpc) is 2.91. The number of amides is 2. The zero-order valence-electron chi connectivity index (χ0n) is 11.2. The normalized spacial score (nSPS) is 11.7. The summed E-state index contributed by atoms with van der Waals surface area (Å²) in [7, 11) is 0. The van der Waals surface area contributed by atoms with E-state index in [1.807, 2.05) is 6.92 Å². The Balaban J connectivity index is 2.29. The summed E-state index contributed by atoms with van der Waals surface area (Å²) in [5.74, 6) is -1.80. The van der Waals surface area contributed by atoms with E-state index in [2.05, 4.69) is 10.6 Å². The van der Waals surface area contributed by atoms with Gasteiger partial charge in [0.2, 0.25) is 5.91 Å². The number of carboxylic acid groups (broad SMARTS) is 1. The topological polar surface area (TPSA) is 109 Å². The van der Waals surface area contributed by atoms with Gasteiger partial charge in [0.05, 0.1) is 11.8 Å². The number of carbonyl (C=O) groups is 3. The third-order valence-electron chi connectivity index (χ3n) is 2.63. The van der Waals surface area contributed by atoms with Crippen molar-refractivity contribution in [1.82, 2.24) is 10.6 Å². The molecule has 110 valence electrons. The van der Waals surface area contributed by atoms with Crippen LogP contribution in [0.1, 0.15) is 36.5 Å². The number of aliphatic carboxylic acids is 1. The quantitative estimate of drug-likeness (QED) is 0.652. The van der Waals surface area contributed by atoms with E-state index >= 15 is 0 Å². The average molecular weight is 282 g/mol. The van der Waals surface area contributed by atoms with E-state index in [9.17, 15) is 14.4 Å². The molecule has 0 radical (unpaired) electrons. The summed E-state index contributed by atoms with van der Waals surface area (Å²) in [4.78, 5) is 33.9. The summed E-state index contributed by atoms with van der Waals surface area (Å²) in [5, 5.41) is 13.9. The van der Waals surface area contributed by atoms with Gasteiger partial charge in [-0.25, -0.2) is 4.79 Å². The highest BCUT2D eigenvalue weighted by Gasteiger charge is 2.18. The number of nitrogens with one attached hydrogen (secondary N) is 2. The molecule has 7 nitrogen and oxygen atoms in total. The van der Waals surface area contributed by atoms with Crippen molar-refractivity contribution in [3.8, 4) is 0 Å². The molecule has 0 saturated heterocycles. The maximum atomic E-state index is 11.6. The SMILES string of the molecule is CCC[C@H](NC(=O)CCNC(=O)c1ccoc1)C(=O)O. The van der Waals surface area contributed by atoms with E-state index in [4.69, 9.17) is 9.52 Å². The van der Waals surface area contributed by atoms with Crippen LogP contribution in [0, 0.1) is 0 Å². The summed E-state index contributed by atoms with van der Waals surface area (Å²) < 4.78 is 4.76. The number of hydrogen-bond acceptors (Lipinski definition) is 4. The van der Waals surface area contributed by atoms with Gasteiger partial charge in [-0.2, -0.15) is 0 Å². The van der Waals surface area contributed by atoms with Gasteiger partial charge in [0.25, 0.3) is 5.91 Å². The summed E-state index contributed by atoms with van der Waals surface area (Å²) in [6.07, 6.45) is 3.74. The highest BCUT2D eigenvalue weighted by atomic mass is 16.4. The molecule has 0 spiro atoms. The van der Waals surface area contributed by atoms with E-state index in [-0.39, 0.29) is 18.9 Å². The van der Waals surface area contributed by atoms with Gasteiger partial charge in [0.1, 0.15) is 12.3 Å². The minimum Gasteiger partial charge on any atom is -0.480 e. The molecular formula is C13H18N2O5. The molecule has 0 bridgehead atoms. The number of hydrogen-bond donors (Lipinski definition) is 3. The van der Waals surface area contributed by atoms with Gasteiger partial charge < -0.3 is 20.2 Å². The van der Waals surface area contributed by atoms with Crippen molar-refractivity contribution >= 4 is 17.8 Å². The molecule has 1 aromatic rings. The van der Waals surface area contributed by atoms with Crippen molar-refractivity contribution in [3.05, 3.63) is 24.2 Å². The van der Waals surface area contributed by atoms with E-state index in [1.165, 1.54) is 18.6 Å². The van der Waals surface area contributed by atoms with Gasteiger partial charge in [-0.3, -0.25) is 9.59 Å². The van der Waals surface area contributed by atoms with E-state index in [0.717, 1.165) is 0 Å². The molecule has 0 unspecified atom stereocenters. The lowest BCUT2D eigenvalue weighted by Gasteiger charge is -2.13. The number of rotatable bonds is 8. The van der Waals surface area contributed by atoms with E-state index < -0.39 is 17.9 Å². The molecule has 1 atom stereocenters. The van der Waals surface area contributed by atoms with Crippen LogP contribution in [0.3, 0.4) is 0 Å². The summed E-state index contributed by atoms with van der Waals surface area (Å²) in [5.41, 5.74) is 0.375. The lowest BCUT2D eigenvalue weighted by molar-refractivity contribution is -0.142. The first-order valence-electron chi connectivity index (χ1n) is 6.37. The van der Waals surface area contributed by atoms with Crippen molar-refractivity contribution in [2.24, 2.45) is 0 Å². The molecule has 1 rings (SSSR count). The van der Waals surface area contributed by atoms with Crippen LogP contribution in [0.25, 0.3) is 0 Å². The lowest BCUT2D eigenvalue weighted by Crippen LogP contribution is -2.41. The molecule has 0 aliphatic rings. The fourth-order valence-electron chi connectivity index (χ4n) is 1.60. The first kappa shape index (κ1) is 15.7. The molecule has 0 aliphatic carbocycles. The molecular weight excluding hydrogens is 264 g/mol. The van der Waals surface area contributed by atoms with Crippen LogP contribution in [-0.2, 0) is 9.59 Å². The van der Waals surface area contributed by atoms with Crippen LogP contribution < -0.4 is 10.6 Å². The number of carbonyl (C=O) groups excluding carboxylic acids is 2. The third-order valence-corrected chi connectivity index (χ3v) is 2.63. The van der Waals surface area contributed by atoms with Gasteiger partial charge in [0, 0.05) is 13.0 Å². The molecule has 1 heterocycles. The minimum absolute atomic E-state index is 0.0249. The molecule has 2 amide bonds. The fraction of sp³-hybridized carbons (Fsp3) is 0.462. The van der Waals surface area contributed by atoms with Crippen LogP contribution in [0.2, 0.25) is 0 Å². The first-order chi connectivity index (χ1) is 9.54. The van der Waals surface area contributed by atoms with Gasteiger partial charge in [-0.05, 0) is 12.5 Å². The minimum atomic E-state index is -1.05. The molecule has 0 aromatic carbocycles. The molecule has 0 saturated carbocycles. The zero-order valence-corrected chi connectivity index (χ0v) is 11.2. The van der Waals surface area contributed by atoms with Crippen LogP contribution in [-0.4, -0.2) is 35.5 Å².